The summed E-state index contributed by atoms with van der Waals surface area (Å²) in [4.78, 5) is 23.4. The van der Waals surface area contributed by atoms with Gasteiger partial charge in [-0.15, -0.1) is 11.3 Å². The Labute approximate surface area is 136 Å². The number of carbonyl (C=O) groups excluding carboxylic acids is 1. The number of aromatic nitrogens is 3. The molecule has 2 N–H and O–H groups in total. The maximum Gasteiger partial charge on any atom is 0.226 e. The Hall–Kier alpha value is -2.18. The first-order valence-electron chi connectivity index (χ1n) is 6.66. The van der Waals surface area contributed by atoms with E-state index in [9.17, 15) is 4.79 Å². The standard InChI is InChI=1S/C15H13ClN4OS/c16-12-4-2-1-3-11(12)15-20-10(9-22-15)7-14(21)19-8-13-17-5-6-18-13/h1-6,9H,7-8H2,(H,17,18)(H,19,21). The molecule has 0 saturated heterocycles. The molecule has 1 amide bonds. The van der Waals surface area contributed by atoms with Gasteiger partial charge >= 0.3 is 0 Å². The second kappa shape index (κ2) is 6.72. The van der Waals surface area contributed by atoms with E-state index < -0.39 is 0 Å². The monoisotopic (exact) mass is 332 g/mol. The molecule has 0 bridgehead atoms. The smallest absolute Gasteiger partial charge is 0.226 e. The summed E-state index contributed by atoms with van der Waals surface area (Å²) in [6, 6.07) is 7.54. The maximum atomic E-state index is 11.9. The van der Waals surface area contributed by atoms with Crippen molar-refractivity contribution in [3.8, 4) is 10.6 Å². The van der Waals surface area contributed by atoms with E-state index in [0.29, 0.717) is 11.6 Å². The summed E-state index contributed by atoms with van der Waals surface area (Å²) >= 11 is 7.64. The lowest BCUT2D eigenvalue weighted by Crippen LogP contribution is -2.25. The number of hydrogen-bond acceptors (Lipinski definition) is 4. The molecule has 3 rings (SSSR count). The largest absolute Gasteiger partial charge is 0.349 e. The van der Waals surface area contributed by atoms with Crippen molar-refractivity contribution in [1.29, 1.82) is 0 Å². The number of H-pyrrole nitrogens is 1. The quantitative estimate of drug-likeness (QED) is 0.754. The molecule has 0 atom stereocenters. The number of halogens is 1. The summed E-state index contributed by atoms with van der Waals surface area (Å²) in [5.41, 5.74) is 1.62. The predicted molar refractivity (Wildman–Crippen MR) is 86.7 cm³/mol. The van der Waals surface area contributed by atoms with Crippen LogP contribution in [0.4, 0.5) is 0 Å². The maximum absolute atomic E-state index is 11.9. The summed E-state index contributed by atoms with van der Waals surface area (Å²) in [6.07, 6.45) is 3.61. The first kappa shape index (κ1) is 14.7. The topological polar surface area (TPSA) is 70.7 Å². The van der Waals surface area contributed by atoms with Gasteiger partial charge in [0, 0.05) is 23.3 Å². The number of amides is 1. The molecule has 7 heteroatoms. The number of carbonyl (C=O) groups is 1. The van der Waals surface area contributed by atoms with Gasteiger partial charge < -0.3 is 10.3 Å². The fourth-order valence-corrected chi connectivity index (χ4v) is 3.09. The van der Waals surface area contributed by atoms with Gasteiger partial charge in [-0.25, -0.2) is 9.97 Å². The minimum Gasteiger partial charge on any atom is -0.349 e. The number of imidazole rings is 1. The molecular weight excluding hydrogens is 320 g/mol. The first-order chi connectivity index (χ1) is 10.7. The summed E-state index contributed by atoms with van der Waals surface area (Å²) in [5.74, 6) is 0.635. The molecule has 0 aliphatic rings. The van der Waals surface area contributed by atoms with E-state index >= 15 is 0 Å². The summed E-state index contributed by atoms with van der Waals surface area (Å²) in [7, 11) is 0. The summed E-state index contributed by atoms with van der Waals surface area (Å²) in [6.45, 7) is 0.382. The van der Waals surface area contributed by atoms with E-state index in [2.05, 4.69) is 20.3 Å². The van der Waals surface area contributed by atoms with Crippen molar-refractivity contribution in [2.24, 2.45) is 0 Å². The average Bonchev–Trinajstić information content (AvgIpc) is 3.17. The van der Waals surface area contributed by atoms with Crippen molar-refractivity contribution in [3.05, 3.63) is 58.6 Å². The highest BCUT2D eigenvalue weighted by Gasteiger charge is 2.11. The van der Waals surface area contributed by atoms with Crippen molar-refractivity contribution >= 4 is 28.8 Å². The van der Waals surface area contributed by atoms with Crippen LogP contribution in [0.3, 0.4) is 0 Å². The Morgan fingerprint density at radius 3 is 3.00 bits per heavy atom. The third kappa shape index (κ3) is 3.52. The predicted octanol–water partition coefficient (Wildman–Crippen LogP) is 3.05. The van der Waals surface area contributed by atoms with Gasteiger partial charge in [0.15, 0.2) is 0 Å². The third-order valence-corrected chi connectivity index (χ3v) is 4.26. The normalized spacial score (nSPS) is 10.6. The van der Waals surface area contributed by atoms with Crippen molar-refractivity contribution in [1.82, 2.24) is 20.3 Å². The van der Waals surface area contributed by atoms with Crippen LogP contribution in [0, 0.1) is 0 Å². The van der Waals surface area contributed by atoms with Gasteiger partial charge in [0.25, 0.3) is 0 Å². The van der Waals surface area contributed by atoms with E-state index in [1.165, 1.54) is 11.3 Å². The molecule has 5 nitrogen and oxygen atoms in total. The van der Waals surface area contributed by atoms with Crippen molar-refractivity contribution in [3.63, 3.8) is 0 Å². The molecule has 0 fully saturated rings. The highest BCUT2D eigenvalue weighted by atomic mass is 35.5. The number of aromatic amines is 1. The minimum absolute atomic E-state index is 0.0904. The van der Waals surface area contributed by atoms with Crippen LogP contribution in [0.15, 0.2) is 42.0 Å². The van der Waals surface area contributed by atoms with Gasteiger partial charge in [0.1, 0.15) is 10.8 Å². The van der Waals surface area contributed by atoms with Crippen LogP contribution >= 0.6 is 22.9 Å². The fourth-order valence-electron chi connectivity index (χ4n) is 1.95. The second-order valence-corrected chi connectivity index (χ2v) is 5.88. The number of benzene rings is 1. The Morgan fingerprint density at radius 1 is 1.36 bits per heavy atom. The number of thiazole rings is 1. The molecule has 112 valence electrons. The van der Waals surface area contributed by atoms with Gasteiger partial charge in [-0.3, -0.25) is 4.79 Å². The molecule has 0 spiro atoms. The molecule has 0 radical (unpaired) electrons. The lowest BCUT2D eigenvalue weighted by Gasteiger charge is -2.01. The van der Waals surface area contributed by atoms with Gasteiger partial charge in [0.05, 0.1) is 23.7 Å². The van der Waals surface area contributed by atoms with Crippen molar-refractivity contribution in [2.75, 3.05) is 0 Å². The Balaban J connectivity index is 1.62. The summed E-state index contributed by atoms with van der Waals surface area (Å²) in [5, 5.41) is 6.16. The molecule has 22 heavy (non-hydrogen) atoms. The molecule has 2 heterocycles. The van der Waals surface area contributed by atoms with E-state index in [-0.39, 0.29) is 12.3 Å². The highest BCUT2D eigenvalue weighted by molar-refractivity contribution is 7.13. The molecule has 0 unspecified atom stereocenters. The van der Waals surface area contributed by atoms with Gasteiger partial charge in [-0.2, -0.15) is 0 Å². The molecule has 1 aromatic carbocycles. The second-order valence-electron chi connectivity index (χ2n) is 4.61. The number of nitrogens with zero attached hydrogens (tertiary/aromatic N) is 2. The molecule has 0 aliphatic carbocycles. The van der Waals surface area contributed by atoms with Crippen LogP contribution in [0.1, 0.15) is 11.5 Å². The zero-order valence-electron chi connectivity index (χ0n) is 11.5. The highest BCUT2D eigenvalue weighted by Crippen LogP contribution is 2.30. The van der Waals surface area contributed by atoms with Crippen molar-refractivity contribution in [2.45, 2.75) is 13.0 Å². The van der Waals surface area contributed by atoms with Crippen LogP contribution in [0.2, 0.25) is 5.02 Å². The van der Waals surface area contributed by atoms with E-state index in [1.54, 1.807) is 12.4 Å². The van der Waals surface area contributed by atoms with Gasteiger partial charge in [-0.1, -0.05) is 29.8 Å². The van der Waals surface area contributed by atoms with Gasteiger partial charge in [-0.05, 0) is 6.07 Å². The van der Waals surface area contributed by atoms with Crippen molar-refractivity contribution < 1.29 is 4.79 Å². The molecule has 2 aromatic heterocycles. The molecule has 0 aliphatic heterocycles. The zero-order valence-corrected chi connectivity index (χ0v) is 13.1. The Kier molecular flexibility index (Phi) is 4.50. The first-order valence-corrected chi connectivity index (χ1v) is 7.92. The molecule has 0 saturated carbocycles. The number of nitrogens with one attached hydrogen (secondary N) is 2. The molecular formula is C15H13ClN4OS. The lowest BCUT2D eigenvalue weighted by atomic mass is 10.2. The Bertz CT molecular complexity index is 769. The summed E-state index contributed by atoms with van der Waals surface area (Å²) < 4.78 is 0. The van der Waals surface area contributed by atoms with E-state index in [1.807, 2.05) is 29.6 Å². The van der Waals surface area contributed by atoms with Crippen LogP contribution in [-0.4, -0.2) is 20.9 Å². The zero-order chi connectivity index (χ0) is 15.4. The fraction of sp³-hybridized carbons (Fsp3) is 0.133. The average molecular weight is 333 g/mol. The SMILES string of the molecule is O=C(Cc1csc(-c2ccccc2Cl)n1)NCc1ncc[nH]1. The van der Waals surface area contributed by atoms with Crippen LogP contribution in [-0.2, 0) is 17.8 Å². The molecule has 3 aromatic rings. The van der Waals surface area contributed by atoms with E-state index in [4.69, 9.17) is 11.6 Å². The van der Waals surface area contributed by atoms with Gasteiger partial charge in [0.2, 0.25) is 5.91 Å². The number of rotatable bonds is 5. The van der Waals surface area contributed by atoms with Crippen LogP contribution in [0.5, 0.6) is 0 Å². The van der Waals surface area contributed by atoms with E-state index in [0.717, 1.165) is 22.1 Å². The van der Waals surface area contributed by atoms with Crippen LogP contribution < -0.4 is 5.32 Å². The number of hydrogen-bond donors (Lipinski definition) is 2. The third-order valence-electron chi connectivity index (χ3n) is 3.01. The van der Waals surface area contributed by atoms with Crippen LogP contribution in [0.25, 0.3) is 10.6 Å². The lowest BCUT2D eigenvalue weighted by molar-refractivity contribution is -0.120. The Morgan fingerprint density at radius 2 is 2.23 bits per heavy atom. The minimum atomic E-state index is -0.0904.